The van der Waals surface area contributed by atoms with Gasteiger partial charge in [0.2, 0.25) is 0 Å². The molecule has 32 heavy (non-hydrogen) atoms. The molecule has 0 unspecified atom stereocenters. The van der Waals surface area contributed by atoms with E-state index in [2.05, 4.69) is 65.6 Å². The number of anilines is 1. The fourth-order valence-corrected chi connectivity index (χ4v) is 6.52. The van der Waals surface area contributed by atoms with Crippen LogP contribution in [0, 0.1) is 11.3 Å². The number of hydrogen-bond acceptors (Lipinski definition) is 3. The van der Waals surface area contributed by atoms with Gasteiger partial charge in [-0.2, -0.15) is 0 Å². The third kappa shape index (κ3) is 3.23. The molecule has 3 aromatic carbocycles. The van der Waals surface area contributed by atoms with Crippen LogP contribution in [0.2, 0.25) is 0 Å². The number of fused-ring (bicyclic) bond motifs is 1. The van der Waals surface area contributed by atoms with Crippen molar-refractivity contribution in [3.63, 3.8) is 0 Å². The number of hydrogen-bond donors (Lipinski definition) is 1. The molecule has 1 saturated carbocycles. The summed E-state index contributed by atoms with van der Waals surface area (Å²) in [6.45, 7) is 2.16. The molecule has 0 amide bonds. The number of carbonyl (C=O) groups excluding carboxylic acids is 1. The second kappa shape index (κ2) is 7.51. The van der Waals surface area contributed by atoms with E-state index in [-0.39, 0.29) is 0 Å². The third-order valence-corrected chi connectivity index (χ3v) is 8.07. The van der Waals surface area contributed by atoms with Crippen LogP contribution >= 0.6 is 0 Å². The summed E-state index contributed by atoms with van der Waals surface area (Å²) >= 11 is 0. The molecular weight excluding hydrogens is 394 g/mol. The first kappa shape index (κ1) is 19.6. The first-order valence-corrected chi connectivity index (χ1v) is 11.8. The minimum atomic E-state index is 0.290. The Balaban J connectivity index is 1.28. The van der Waals surface area contributed by atoms with Gasteiger partial charge in [-0.1, -0.05) is 48.5 Å². The van der Waals surface area contributed by atoms with Gasteiger partial charge in [0.1, 0.15) is 12.0 Å². The fourth-order valence-electron chi connectivity index (χ4n) is 6.52. The van der Waals surface area contributed by atoms with Crippen molar-refractivity contribution in [3.05, 3.63) is 95.1 Å². The van der Waals surface area contributed by atoms with E-state index in [4.69, 9.17) is 0 Å². The van der Waals surface area contributed by atoms with Crippen LogP contribution in [0.5, 0.6) is 5.75 Å². The van der Waals surface area contributed by atoms with E-state index in [1.54, 1.807) is 0 Å². The van der Waals surface area contributed by atoms with Gasteiger partial charge >= 0.3 is 0 Å². The second-order valence-electron chi connectivity index (χ2n) is 10.2. The minimum absolute atomic E-state index is 0.290. The normalized spacial score (nSPS) is 23.8. The number of aldehydes is 1. The standard InChI is InChI=1S/C29H29NO2/c31-17-20-15-29(16-20)18-30(19-29)24-9-6-22(7-10-24)28-26(21-4-2-1-3-5-21)12-8-23-14-25(32)11-13-27(23)28/h1-7,9-11,13-14,17,20,26,28,32H,8,12,15-16,18-19H2/t26-,28+/m0/s1. The Bertz CT molecular complexity index is 1120. The van der Waals surface area contributed by atoms with Crippen molar-refractivity contribution < 1.29 is 9.90 Å². The molecule has 1 aliphatic heterocycles. The molecule has 1 N–H and O–H groups in total. The monoisotopic (exact) mass is 423 g/mol. The minimum Gasteiger partial charge on any atom is -0.508 e. The lowest BCUT2D eigenvalue weighted by atomic mass is 9.58. The molecule has 1 saturated heterocycles. The number of carbonyl (C=O) groups is 1. The van der Waals surface area contributed by atoms with Crippen LogP contribution in [0.1, 0.15) is 53.4 Å². The lowest BCUT2D eigenvalue weighted by Gasteiger charge is -2.59. The molecule has 1 heterocycles. The SMILES string of the molecule is O=CC1CC2(C1)CN(c1ccc([C@H]3c4ccc(O)cc4CC[C@H]3c3ccccc3)cc1)C2. The van der Waals surface area contributed by atoms with E-state index in [1.807, 2.05) is 12.1 Å². The van der Waals surface area contributed by atoms with Gasteiger partial charge < -0.3 is 14.8 Å². The number of rotatable bonds is 4. The number of phenolic OH excluding ortho intramolecular Hbond substituents is 1. The Morgan fingerprint density at radius 3 is 2.38 bits per heavy atom. The van der Waals surface area contributed by atoms with Gasteiger partial charge in [0, 0.05) is 36.0 Å². The molecule has 0 bridgehead atoms. The maximum absolute atomic E-state index is 11.0. The Kier molecular flexibility index (Phi) is 4.60. The van der Waals surface area contributed by atoms with E-state index < -0.39 is 0 Å². The quantitative estimate of drug-likeness (QED) is 0.550. The smallest absolute Gasteiger partial charge is 0.123 e. The Morgan fingerprint density at radius 2 is 1.66 bits per heavy atom. The maximum Gasteiger partial charge on any atom is 0.123 e. The van der Waals surface area contributed by atoms with Gasteiger partial charge in [-0.3, -0.25) is 0 Å². The van der Waals surface area contributed by atoms with E-state index >= 15 is 0 Å². The summed E-state index contributed by atoms with van der Waals surface area (Å²) in [5.74, 6) is 1.37. The molecule has 1 spiro atoms. The number of benzene rings is 3. The summed E-state index contributed by atoms with van der Waals surface area (Å²) < 4.78 is 0. The van der Waals surface area contributed by atoms with Crippen LogP contribution in [0.15, 0.2) is 72.8 Å². The van der Waals surface area contributed by atoms with Gasteiger partial charge in [-0.25, -0.2) is 0 Å². The summed E-state index contributed by atoms with van der Waals surface area (Å²) in [5.41, 5.74) is 7.02. The van der Waals surface area contributed by atoms with Crippen molar-refractivity contribution in [3.8, 4) is 5.75 Å². The molecule has 6 rings (SSSR count). The van der Waals surface area contributed by atoms with E-state index in [1.165, 1.54) is 27.9 Å². The molecule has 3 aromatic rings. The lowest BCUT2D eigenvalue weighted by Crippen LogP contribution is -2.62. The first-order chi connectivity index (χ1) is 15.6. The highest BCUT2D eigenvalue weighted by Gasteiger charge is 2.52. The molecule has 0 aromatic heterocycles. The van der Waals surface area contributed by atoms with Crippen molar-refractivity contribution in [2.75, 3.05) is 18.0 Å². The molecular formula is C29H29NO2. The zero-order valence-corrected chi connectivity index (χ0v) is 18.3. The third-order valence-electron chi connectivity index (χ3n) is 8.07. The first-order valence-electron chi connectivity index (χ1n) is 11.8. The summed E-state index contributed by atoms with van der Waals surface area (Å²) in [5, 5.41) is 10.0. The van der Waals surface area contributed by atoms with Crippen molar-refractivity contribution >= 4 is 12.0 Å². The topological polar surface area (TPSA) is 40.5 Å². The summed E-state index contributed by atoms with van der Waals surface area (Å²) in [6.07, 6.45) is 5.34. The average molecular weight is 424 g/mol. The molecule has 2 atom stereocenters. The van der Waals surface area contributed by atoms with Crippen LogP contribution in [0.3, 0.4) is 0 Å². The van der Waals surface area contributed by atoms with Crippen molar-refractivity contribution in [1.29, 1.82) is 0 Å². The average Bonchev–Trinajstić information content (AvgIpc) is 2.77. The largest absolute Gasteiger partial charge is 0.508 e. The summed E-state index contributed by atoms with van der Waals surface area (Å²) in [4.78, 5) is 13.4. The predicted molar refractivity (Wildman–Crippen MR) is 127 cm³/mol. The van der Waals surface area contributed by atoms with E-state index in [0.717, 1.165) is 45.1 Å². The molecule has 2 fully saturated rings. The van der Waals surface area contributed by atoms with Crippen LogP contribution in [-0.4, -0.2) is 24.5 Å². The predicted octanol–water partition coefficient (Wildman–Crippen LogP) is 5.67. The molecule has 3 nitrogen and oxygen atoms in total. The number of nitrogens with zero attached hydrogens (tertiary/aromatic N) is 1. The van der Waals surface area contributed by atoms with Crippen LogP contribution in [-0.2, 0) is 11.2 Å². The molecule has 3 aliphatic rings. The van der Waals surface area contributed by atoms with Crippen molar-refractivity contribution in [1.82, 2.24) is 0 Å². The molecule has 3 heteroatoms. The molecule has 162 valence electrons. The zero-order valence-electron chi connectivity index (χ0n) is 18.3. The van der Waals surface area contributed by atoms with Crippen LogP contribution < -0.4 is 4.90 Å². The van der Waals surface area contributed by atoms with Crippen LogP contribution in [0.25, 0.3) is 0 Å². The lowest BCUT2D eigenvalue weighted by molar-refractivity contribution is -0.118. The summed E-state index contributed by atoms with van der Waals surface area (Å²) in [6, 6.07) is 25.9. The summed E-state index contributed by atoms with van der Waals surface area (Å²) in [7, 11) is 0. The van der Waals surface area contributed by atoms with Crippen LogP contribution in [0.4, 0.5) is 5.69 Å². The number of aromatic hydroxyl groups is 1. The van der Waals surface area contributed by atoms with Gasteiger partial charge in [-0.15, -0.1) is 0 Å². The number of aryl methyl sites for hydroxylation is 1. The van der Waals surface area contributed by atoms with E-state index in [9.17, 15) is 9.90 Å². The van der Waals surface area contributed by atoms with Gasteiger partial charge in [-0.05, 0) is 78.1 Å². The van der Waals surface area contributed by atoms with Crippen molar-refractivity contribution in [2.24, 2.45) is 11.3 Å². The van der Waals surface area contributed by atoms with E-state index in [0.29, 0.717) is 28.9 Å². The highest BCUT2D eigenvalue weighted by molar-refractivity contribution is 5.59. The van der Waals surface area contributed by atoms with Gasteiger partial charge in [0.05, 0.1) is 0 Å². The van der Waals surface area contributed by atoms with Crippen molar-refractivity contribution in [2.45, 2.75) is 37.5 Å². The molecule has 0 radical (unpaired) electrons. The van der Waals surface area contributed by atoms with Gasteiger partial charge in [0.25, 0.3) is 0 Å². The maximum atomic E-state index is 11.0. The second-order valence-corrected chi connectivity index (χ2v) is 10.2. The number of phenols is 1. The van der Waals surface area contributed by atoms with Gasteiger partial charge in [0.15, 0.2) is 0 Å². The molecule has 2 aliphatic carbocycles. The zero-order chi connectivity index (χ0) is 21.7. The Hall–Kier alpha value is -3.07. The fraction of sp³-hybridized carbons (Fsp3) is 0.345. The highest BCUT2D eigenvalue weighted by Crippen LogP contribution is 2.52. The Morgan fingerprint density at radius 1 is 0.906 bits per heavy atom. The highest BCUT2D eigenvalue weighted by atomic mass is 16.3. The Labute approximate surface area is 189 Å².